The lowest BCUT2D eigenvalue weighted by Crippen LogP contribution is -2.30. The van der Waals surface area contributed by atoms with Crippen molar-refractivity contribution in [3.8, 4) is 0 Å². The highest BCUT2D eigenvalue weighted by Gasteiger charge is 2.30. The van der Waals surface area contributed by atoms with E-state index in [9.17, 15) is 43.2 Å². The predicted octanol–water partition coefficient (Wildman–Crippen LogP) is 24.6. The number of aliphatic hydroxyl groups excluding tert-OH is 1. The number of hydrogen-bond acceptors (Lipinski definition) is 15. The Balaban J connectivity index is 5.36. The minimum absolute atomic E-state index is 0.0768. The fourth-order valence-corrected chi connectivity index (χ4v) is 13.1. The lowest BCUT2D eigenvalue weighted by Gasteiger charge is -2.21. The largest absolute Gasteiger partial charge is 0.472 e. The molecular weight excluding hydrogens is 1350 g/mol. The molecule has 0 aromatic rings. The normalized spacial score (nSPS) is 14.3. The Morgan fingerprint density at radius 3 is 0.798 bits per heavy atom. The van der Waals surface area contributed by atoms with E-state index in [0.29, 0.717) is 25.7 Å². The van der Waals surface area contributed by atoms with E-state index in [0.717, 1.165) is 173 Å². The molecule has 0 aromatic carbocycles. The highest BCUT2D eigenvalue weighted by atomic mass is 31.2. The first-order chi connectivity index (χ1) is 50.7. The molecule has 104 heavy (non-hydrogen) atoms. The number of aliphatic hydroxyl groups is 1. The summed E-state index contributed by atoms with van der Waals surface area (Å²) in [6.45, 7) is 4.77. The van der Waals surface area contributed by atoms with Gasteiger partial charge in [-0.05, 0) is 122 Å². The van der Waals surface area contributed by atoms with Crippen LogP contribution in [0.1, 0.15) is 374 Å². The predicted molar refractivity (Wildman–Crippen MR) is 427 cm³/mol. The van der Waals surface area contributed by atoms with Gasteiger partial charge in [0.05, 0.1) is 26.4 Å². The third kappa shape index (κ3) is 76.4. The molecule has 0 heterocycles. The minimum Gasteiger partial charge on any atom is -0.462 e. The van der Waals surface area contributed by atoms with Crippen molar-refractivity contribution in [2.75, 3.05) is 39.6 Å². The van der Waals surface area contributed by atoms with Gasteiger partial charge in [0.25, 0.3) is 0 Å². The fourth-order valence-electron chi connectivity index (χ4n) is 11.5. The second-order valence-corrected chi connectivity index (χ2v) is 30.9. The van der Waals surface area contributed by atoms with Crippen molar-refractivity contribution in [3.63, 3.8) is 0 Å². The molecule has 0 saturated carbocycles. The number of carbonyl (C=O) groups is 4. The number of rotatable bonds is 79. The molecule has 0 bridgehead atoms. The third-order valence-electron chi connectivity index (χ3n) is 17.8. The zero-order chi connectivity index (χ0) is 76.0. The van der Waals surface area contributed by atoms with Gasteiger partial charge >= 0.3 is 39.5 Å². The zero-order valence-electron chi connectivity index (χ0n) is 66.2. The van der Waals surface area contributed by atoms with Gasteiger partial charge in [0.1, 0.15) is 19.3 Å². The molecule has 19 heteroatoms. The van der Waals surface area contributed by atoms with Gasteiger partial charge in [-0.2, -0.15) is 0 Å². The SMILES string of the molecule is CC/C=C\C/C=C\C/C=C\C/C=C\CCCCCCCCC(=O)OCC(COP(=O)(O)OCC(O)COP(=O)(O)OCC(COC(=O)CCCCCCC/C=C\CCCCCCCC)OC(=O)CCCCCCCCCCCCCCCCC)OC(=O)CCCCCCC/C=C\C/C=C\CCCCC. The monoisotopic (exact) mass is 1510 g/mol. The second-order valence-electron chi connectivity index (χ2n) is 28.0. The number of unbranched alkanes of at least 4 members (excludes halogenated alkanes) is 39. The Morgan fingerprint density at radius 1 is 0.279 bits per heavy atom. The van der Waals surface area contributed by atoms with Gasteiger partial charge in [-0.3, -0.25) is 37.3 Å². The van der Waals surface area contributed by atoms with Crippen LogP contribution in [0.5, 0.6) is 0 Å². The van der Waals surface area contributed by atoms with Crippen LogP contribution in [0.25, 0.3) is 0 Å². The molecule has 3 N–H and O–H groups in total. The van der Waals surface area contributed by atoms with E-state index >= 15 is 0 Å². The average molecular weight is 1510 g/mol. The molecule has 5 atom stereocenters. The third-order valence-corrected chi connectivity index (χ3v) is 19.7. The number of ether oxygens (including phenoxy) is 4. The summed E-state index contributed by atoms with van der Waals surface area (Å²) in [6, 6.07) is 0. The van der Waals surface area contributed by atoms with Crippen LogP contribution in [0.2, 0.25) is 0 Å². The summed E-state index contributed by atoms with van der Waals surface area (Å²) >= 11 is 0. The standard InChI is InChI=1S/C85H152O17P2/c1-5-9-13-17-21-25-29-33-37-38-39-40-44-46-50-54-58-62-66-70-83(88)96-76-81(102-85(90)72-68-64-60-56-52-48-43-36-32-28-24-20-16-12-8-4)78-100-104(93,94)98-74-79(86)73-97-103(91,92)99-77-80(101-84(89)71-67-63-59-55-51-47-42-35-31-27-23-19-15-11-7-3)75-95-82(87)69-65-61-57-53-49-45-41-34-30-26-22-18-14-10-6-2/h9,13,21,24-25,28,33-34,36-37,39-41,43,79-81,86H,5-8,10-12,14-20,22-23,26-27,29-32,35,38,42,44-78H2,1-4H3,(H,91,92)(H,93,94)/b13-9-,25-21-,28-24-,37-33-,40-39-,41-34-,43-36-. The first-order valence-electron chi connectivity index (χ1n) is 41.8. The Kier molecular flexibility index (Phi) is 74.6. The van der Waals surface area contributed by atoms with E-state index in [-0.39, 0.29) is 25.7 Å². The number of esters is 4. The van der Waals surface area contributed by atoms with Crippen molar-refractivity contribution in [1.82, 2.24) is 0 Å². The van der Waals surface area contributed by atoms with Gasteiger partial charge < -0.3 is 33.8 Å². The Morgan fingerprint density at radius 2 is 0.500 bits per heavy atom. The van der Waals surface area contributed by atoms with Crippen LogP contribution in [0, 0.1) is 0 Å². The van der Waals surface area contributed by atoms with Crippen molar-refractivity contribution in [1.29, 1.82) is 0 Å². The van der Waals surface area contributed by atoms with E-state index in [1.807, 2.05) is 0 Å². The van der Waals surface area contributed by atoms with E-state index in [1.54, 1.807) is 0 Å². The van der Waals surface area contributed by atoms with Crippen LogP contribution < -0.4 is 0 Å². The number of hydrogen-bond donors (Lipinski definition) is 3. The van der Waals surface area contributed by atoms with Crippen LogP contribution in [0.4, 0.5) is 0 Å². The number of phosphoric ester groups is 2. The molecular formula is C85H152O17P2. The molecule has 0 amide bonds. The Bertz CT molecular complexity index is 2300. The summed E-state index contributed by atoms with van der Waals surface area (Å²) in [5.41, 5.74) is 0. The Hall–Kier alpha value is -3.76. The van der Waals surface area contributed by atoms with E-state index in [1.165, 1.54) is 122 Å². The number of carbonyl (C=O) groups excluding carboxylic acids is 4. The summed E-state index contributed by atoms with van der Waals surface area (Å²) < 4.78 is 68.7. The van der Waals surface area contributed by atoms with Crippen molar-refractivity contribution in [3.05, 3.63) is 85.1 Å². The van der Waals surface area contributed by atoms with Gasteiger partial charge in [-0.15, -0.1) is 0 Å². The molecule has 0 rings (SSSR count). The average Bonchev–Trinajstić information content (AvgIpc) is 0.918. The molecule has 604 valence electrons. The topological polar surface area (TPSA) is 237 Å². The highest BCUT2D eigenvalue weighted by molar-refractivity contribution is 7.47. The minimum atomic E-state index is -4.98. The van der Waals surface area contributed by atoms with E-state index in [2.05, 4.69) is 113 Å². The van der Waals surface area contributed by atoms with Crippen molar-refractivity contribution in [2.45, 2.75) is 393 Å². The molecule has 0 radical (unpaired) electrons. The molecule has 0 aliphatic heterocycles. The number of phosphoric acid groups is 2. The molecule has 0 spiro atoms. The summed E-state index contributed by atoms with van der Waals surface area (Å²) in [4.78, 5) is 73.1. The summed E-state index contributed by atoms with van der Waals surface area (Å²) in [5.74, 6) is -2.18. The quantitative estimate of drug-likeness (QED) is 0.0169. The maximum Gasteiger partial charge on any atom is 0.472 e. The van der Waals surface area contributed by atoms with Crippen LogP contribution >= 0.6 is 15.6 Å². The van der Waals surface area contributed by atoms with Crippen LogP contribution in [-0.4, -0.2) is 96.7 Å². The molecule has 0 saturated heterocycles. The highest BCUT2D eigenvalue weighted by Crippen LogP contribution is 2.45. The van der Waals surface area contributed by atoms with Gasteiger partial charge in [-0.25, -0.2) is 9.13 Å². The lowest BCUT2D eigenvalue weighted by molar-refractivity contribution is -0.161. The van der Waals surface area contributed by atoms with Gasteiger partial charge in [0, 0.05) is 25.7 Å². The maximum absolute atomic E-state index is 13.1. The van der Waals surface area contributed by atoms with Gasteiger partial charge in [0.2, 0.25) is 0 Å². The van der Waals surface area contributed by atoms with Crippen molar-refractivity contribution in [2.24, 2.45) is 0 Å². The summed E-state index contributed by atoms with van der Waals surface area (Å²) in [7, 11) is -9.96. The van der Waals surface area contributed by atoms with Gasteiger partial charge in [-0.1, -0.05) is 312 Å². The van der Waals surface area contributed by atoms with Crippen molar-refractivity contribution >= 4 is 39.5 Å². The first kappa shape index (κ1) is 100. The fraction of sp³-hybridized carbons (Fsp3) is 0.788. The molecule has 17 nitrogen and oxygen atoms in total. The van der Waals surface area contributed by atoms with Crippen molar-refractivity contribution < 1.29 is 80.2 Å². The lowest BCUT2D eigenvalue weighted by atomic mass is 10.0. The summed E-state index contributed by atoms with van der Waals surface area (Å²) in [5, 5.41) is 10.7. The summed E-state index contributed by atoms with van der Waals surface area (Å²) in [6.07, 6.45) is 81.1. The maximum atomic E-state index is 13.1. The second kappa shape index (κ2) is 77.4. The van der Waals surface area contributed by atoms with Gasteiger partial charge in [0.15, 0.2) is 12.2 Å². The Labute approximate surface area is 634 Å². The van der Waals surface area contributed by atoms with E-state index < -0.39 is 97.5 Å². The zero-order valence-corrected chi connectivity index (χ0v) is 68.0. The van der Waals surface area contributed by atoms with Crippen LogP contribution in [0.15, 0.2) is 85.1 Å². The number of allylic oxidation sites excluding steroid dienone is 14. The first-order valence-corrected chi connectivity index (χ1v) is 44.8. The smallest absolute Gasteiger partial charge is 0.462 e. The van der Waals surface area contributed by atoms with Crippen LogP contribution in [0.3, 0.4) is 0 Å². The molecule has 5 unspecified atom stereocenters. The van der Waals surface area contributed by atoms with Crippen LogP contribution in [-0.2, 0) is 65.4 Å². The molecule has 0 aliphatic rings. The van der Waals surface area contributed by atoms with E-state index in [4.69, 9.17) is 37.0 Å². The molecule has 0 fully saturated rings. The molecule has 0 aliphatic carbocycles. The molecule has 0 aromatic heterocycles.